The molecular formula is C25H29N3O4. The molecule has 0 spiro atoms. The number of aromatic amines is 1. The number of aromatic nitrogens is 1. The van der Waals surface area contributed by atoms with Crippen molar-refractivity contribution >= 4 is 22.7 Å². The van der Waals surface area contributed by atoms with E-state index in [-0.39, 0.29) is 11.8 Å². The van der Waals surface area contributed by atoms with Crippen LogP contribution >= 0.6 is 0 Å². The predicted molar refractivity (Wildman–Crippen MR) is 123 cm³/mol. The van der Waals surface area contributed by atoms with Gasteiger partial charge in [0.2, 0.25) is 5.91 Å². The number of amides is 2. The zero-order chi connectivity index (χ0) is 22.5. The van der Waals surface area contributed by atoms with E-state index in [0.29, 0.717) is 23.5 Å². The van der Waals surface area contributed by atoms with Crippen molar-refractivity contribution in [2.45, 2.75) is 31.7 Å². The van der Waals surface area contributed by atoms with Gasteiger partial charge >= 0.3 is 0 Å². The molecule has 1 fully saturated rings. The summed E-state index contributed by atoms with van der Waals surface area (Å²) in [7, 11) is 3.08. The number of rotatable bonds is 7. The van der Waals surface area contributed by atoms with Gasteiger partial charge in [-0.1, -0.05) is 18.2 Å². The summed E-state index contributed by atoms with van der Waals surface area (Å²) in [5.74, 6) is 0.658. The van der Waals surface area contributed by atoms with Crippen molar-refractivity contribution in [3.63, 3.8) is 0 Å². The van der Waals surface area contributed by atoms with Gasteiger partial charge in [0.15, 0.2) is 0 Å². The average Bonchev–Trinajstić information content (AvgIpc) is 3.26. The highest BCUT2D eigenvalue weighted by Crippen LogP contribution is 2.24. The molecule has 0 bridgehead atoms. The van der Waals surface area contributed by atoms with Gasteiger partial charge in [-0.3, -0.25) is 9.59 Å². The zero-order valence-electron chi connectivity index (χ0n) is 18.5. The van der Waals surface area contributed by atoms with Crippen molar-refractivity contribution in [1.29, 1.82) is 0 Å². The number of fused-ring (bicyclic) bond motifs is 1. The van der Waals surface area contributed by atoms with E-state index >= 15 is 0 Å². The second-order valence-electron chi connectivity index (χ2n) is 8.08. The van der Waals surface area contributed by atoms with Crippen LogP contribution in [0.1, 0.15) is 35.2 Å². The Kier molecular flexibility index (Phi) is 6.63. The van der Waals surface area contributed by atoms with Gasteiger partial charge in [-0.05, 0) is 43.0 Å². The molecule has 0 aliphatic carbocycles. The van der Waals surface area contributed by atoms with Gasteiger partial charge in [-0.15, -0.1) is 0 Å². The van der Waals surface area contributed by atoms with Crippen LogP contribution in [0.4, 0.5) is 0 Å². The molecule has 7 heteroatoms. The van der Waals surface area contributed by atoms with E-state index in [1.807, 2.05) is 35.4 Å². The van der Waals surface area contributed by atoms with Crippen LogP contribution < -0.4 is 14.8 Å². The first kappa shape index (κ1) is 21.7. The van der Waals surface area contributed by atoms with Crippen LogP contribution in [0.2, 0.25) is 0 Å². The number of piperidine rings is 1. The number of ether oxygens (including phenoxy) is 2. The largest absolute Gasteiger partial charge is 0.497 e. The van der Waals surface area contributed by atoms with E-state index in [9.17, 15) is 9.59 Å². The van der Waals surface area contributed by atoms with E-state index in [1.54, 1.807) is 18.2 Å². The highest BCUT2D eigenvalue weighted by atomic mass is 16.5. The molecule has 32 heavy (non-hydrogen) atoms. The topological polar surface area (TPSA) is 83.7 Å². The monoisotopic (exact) mass is 435 g/mol. The lowest BCUT2D eigenvalue weighted by molar-refractivity contribution is -0.134. The second-order valence-corrected chi connectivity index (χ2v) is 8.08. The van der Waals surface area contributed by atoms with Crippen LogP contribution in [0, 0.1) is 0 Å². The molecule has 1 atom stereocenters. The van der Waals surface area contributed by atoms with E-state index in [1.165, 1.54) is 14.2 Å². The number of benzene rings is 2. The Morgan fingerprint density at radius 2 is 1.72 bits per heavy atom. The molecule has 168 valence electrons. The van der Waals surface area contributed by atoms with Crippen molar-refractivity contribution in [3.8, 4) is 11.5 Å². The van der Waals surface area contributed by atoms with E-state index in [4.69, 9.17) is 9.47 Å². The quantitative estimate of drug-likeness (QED) is 0.595. The third kappa shape index (κ3) is 4.72. The van der Waals surface area contributed by atoms with Crippen LogP contribution in [0.25, 0.3) is 10.9 Å². The summed E-state index contributed by atoms with van der Waals surface area (Å²) < 4.78 is 10.6. The van der Waals surface area contributed by atoms with Gasteiger partial charge in [0, 0.05) is 48.2 Å². The second kappa shape index (κ2) is 9.77. The Hall–Kier alpha value is -3.48. The van der Waals surface area contributed by atoms with Crippen molar-refractivity contribution in [2.75, 3.05) is 27.3 Å². The first-order valence-electron chi connectivity index (χ1n) is 11.0. The molecule has 0 radical (unpaired) electrons. The van der Waals surface area contributed by atoms with E-state index < -0.39 is 6.04 Å². The van der Waals surface area contributed by atoms with Gasteiger partial charge in [0.1, 0.15) is 17.5 Å². The fourth-order valence-corrected chi connectivity index (χ4v) is 4.24. The number of likely N-dealkylation sites (tertiary alicyclic amines) is 1. The first-order valence-corrected chi connectivity index (χ1v) is 11.0. The maximum absolute atomic E-state index is 13.4. The summed E-state index contributed by atoms with van der Waals surface area (Å²) in [4.78, 5) is 31.7. The van der Waals surface area contributed by atoms with Gasteiger partial charge in [0.05, 0.1) is 14.2 Å². The highest BCUT2D eigenvalue weighted by molar-refractivity contribution is 5.98. The lowest BCUT2D eigenvalue weighted by Gasteiger charge is -2.31. The molecule has 1 aliphatic heterocycles. The number of H-pyrrole nitrogens is 1. The van der Waals surface area contributed by atoms with Crippen LogP contribution in [-0.4, -0.2) is 55.0 Å². The molecule has 4 rings (SSSR count). The summed E-state index contributed by atoms with van der Waals surface area (Å²) in [6.07, 6.45) is 5.44. The summed E-state index contributed by atoms with van der Waals surface area (Å²) >= 11 is 0. The number of para-hydroxylation sites is 1. The number of hydrogen-bond acceptors (Lipinski definition) is 4. The van der Waals surface area contributed by atoms with Gasteiger partial charge in [-0.2, -0.15) is 0 Å². The zero-order valence-corrected chi connectivity index (χ0v) is 18.5. The molecule has 1 saturated heterocycles. The Labute approximate surface area is 187 Å². The number of nitrogens with one attached hydrogen (secondary N) is 2. The summed E-state index contributed by atoms with van der Waals surface area (Å²) in [6.45, 7) is 1.46. The van der Waals surface area contributed by atoms with Crippen LogP contribution in [-0.2, 0) is 11.2 Å². The molecule has 7 nitrogen and oxygen atoms in total. The summed E-state index contributed by atoms with van der Waals surface area (Å²) in [6, 6.07) is 12.3. The molecule has 0 saturated carbocycles. The Balaban J connectivity index is 1.61. The van der Waals surface area contributed by atoms with Crippen molar-refractivity contribution in [3.05, 3.63) is 59.8 Å². The van der Waals surface area contributed by atoms with Crippen LogP contribution in [0.15, 0.2) is 48.7 Å². The summed E-state index contributed by atoms with van der Waals surface area (Å²) in [5.41, 5.74) is 2.39. The molecule has 2 heterocycles. The molecular weight excluding hydrogens is 406 g/mol. The van der Waals surface area contributed by atoms with Crippen molar-refractivity contribution in [1.82, 2.24) is 15.2 Å². The molecule has 1 aliphatic rings. The number of carbonyl (C=O) groups is 2. The first-order chi connectivity index (χ1) is 15.6. The average molecular weight is 436 g/mol. The molecule has 2 aromatic carbocycles. The molecule has 1 aromatic heterocycles. The van der Waals surface area contributed by atoms with Crippen LogP contribution in [0.3, 0.4) is 0 Å². The molecule has 2 amide bonds. The van der Waals surface area contributed by atoms with Crippen molar-refractivity contribution < 1.29 is 19.1 Å². The fourth-order valence-electron chi connectivity index (χ4n) is 4.24. The standard InChI is InChI=1S/C25H29N3O4/c1-31-19-12-17(13-20(15-19)32-2)24(29)27-23(25(30)28-10-6-3-7-11-28)14-18-16-26-22-9-5-4-8-21(18)22/h4-5,8-9,12-13,15-16,23,26H,3,6-7,10-11,14H2,1-2H3,(H,27,29). The number of nitrogens with zero attached hydrogens (tertiary/aromatic N) is 1. The van der Waals surface area contributed by atoms with Crippen LogP contribution in [0.5, 0.6) is 11.5 Å². The lowest BCUT2D eigenvalue weighted by Crippen LogP contribution is -2.51. The Morgan fingerprint density at radius 3 is 2.41 bits per heavy atom. The van der Waals surface area contributed by atoms with Gasteiger partial charge < -0.3 is 24.7 Å². The third-order valence-corrected chi connectivity index (χ3v) is 5.98. The Morgan fingerprint density at radius 1 is 1.03 bits per heavy atom. The maximum atomic E-state index is 13.4. The lowest BCUT2D eigenvalue weighted by atomic mass is 10.0. The minimum Gasteiger partial charge on any atom is -0.497 e. The fraction of sp³-hybridized carbons (Fsp3) is 0.360. The molecule has 3 aromatic rings. The van der Waals surface area contributed by atoms with E-state index in [0.717, 1.165) is 48.8 Å². The normalized spacial score (nSPS) is 14.8. The SMILES string of the molecule is COc1cc(OC)cc(C(=O)NC(Cc2c[nH]c3ccccc23)C(=O)N2CCCCC2)c1. The van der Waals surface area contributed by atoms with Gasteiger partial charge in [-0.25, -0.2) is 0 Å². The number of hydrogen-bond donors (Lipinski definition) is 2. The Bertz CT molecular complexity index is 1080. The molecule has 2 N–H and O–H groups in total. The minimum absolute atomic E-state index is 0.0433. The number of methoxy groups -OCH3 is 2. The van der Waals surface area contributed by atoms with E-state index in [2.05, 4.69) is 10.3 Å². The maximum Gasteiger partial charge on any atom is 0.252 e. The third-order valence-electron chi connectivity index (χ3n) is 5.98. The number of carbonyl (C=O) groups excluding carboxylic acids is 2. The predicted octanol–water partition coefficient (Wildman–Crippen LogP) is 3.54. The highest BCUT2D eigenvalue weighted by Gasteiger charge is 2.28. The van der Waals surface area contributed by atoms with Crippen molar-refractivity contribution in [2.24, 2.45) is 0 Å². The minimum atomic E-state index is -0.669. The molecule has 1 unspecified atom stereocenters. The smallest absolute Gasteiger partial charge is 0.252 e. The summed E-state index contributed by atoms with van der Waals surface area (Å²) in [5, 5.41) is 4.04. The van der Waals surface area contributed by atoms with Gasteiger partial charge in [0.25, 0.3) is 5.91 Å².